The van der Waals surface area contributed by atoms with Crippen molar-refractivity contribution in [1.82, 2.24) is 14.8 Å². The number of carbonyl (C=O) groups excluding carboxylic acids is 2. The van der Waals surface area contributed by atoms with E-state index in [9.17, 15) is 9.59 Å². The summed E-state index contributed by atoms with van der Waals surface area (Å²) < 4.78 is 1.71. The number of amides is 2. The highest BCUT2D eigenvalue weighted by Gasteiger charge is 2.15. The number of rotatable bonds is 7. The lowest BCUT2D eigenvalue weighted by Gasteiger charge is -2.08. The normalized spacial score (nSPS) is 10.8. The number of anilines is 2. The smallest absolute Gasteiger partial charge is 0.234 e. The minimum absolute atomic E-state index is 0.0402. The van der Waals surface area contributed by atoms with Crippen molar-refractivity contribution in [3.63, 3.8) is 0 Å². The lowest BCUT2D eigenvalue weighted by molar-refractivity contribution is -0.116. The second-order valence-electron chi connectivity index (χ2n) is 7.06. The van der Waals surface area contributed by atoms with E-state index >= 15 is 0 Å². The van der Waals surface area contributed by atoms with Gasteiger partial charge in [0.2, 0.25) is 11.8 Å². The van der Waals surface area contributed by atoms with E-state index in [1.165, 1.54) is 11.8 Å². The number of carbonyl (C=O) groups is 2. The van der Waals surface area contributed by atoms with Gasteiger partial charge in [0.25, 0.3) is 0 Å². The van der Waals surface area contributed by atoms with Crippen LogP contribution < -0.4 is 10.6 Å². The number of hydrogen-bond acceptors (Lipinski definition) is 5. The van der Waals surface area contributed by atoms with Crippen molar-refractivity contribution in [3.8, 4) is 0 Å². The molecule has 0 saturated heterocycles. The second-order valence-corrected chi connectivity index (χ2v) is 8.41. The molecule has 32 heavy (non-hydrogen) atoms. The summed E-state index contributed by atoms with van der Waals surface area (Å²) in [5.74, 6) is 0.266. The Morgan fingerprint density at radius 2 is 1.69 bits per heavy atom. The number of halogens is 1. The molecule has 1 aromatic heterocycles. The molecule has 162 valence electrons. The van der Waals surface area contributed by atoms with Crippen LogP contribution in [0.4, 0.5) is 11.4 Å². The number of nitrogens with one attached hydrogen (secondary N) is 2. The van der Waals surface area contributed by atoms with E-state index < -0.39 is 0 Å². The van der Waals surface area contributed by atoms with Gasteiger partial charge >= 0.3 is 0 Å². The largest absolute Gasteiger partial charge is 0.325 e. The van der Waals surface area contributed by atoms with Crippen LogP contribution in [0.25, 0.3) is 10.8 Å². The maximum atomic E-state index is 12.4. The molecule has 2 N–H and O–H groups in total. The van der Waals surface area contributed by atoms with Crippen molar-refractivity contribution in [1.29, 1.82) is 0 Å². The van der Waals surface area contributed by atoms with Crippen molar-refractivity contribution in [3.05, 3.63) is 77.6 Å². The summed E-state index contributed by atoms with van der Waals surface area (Å²) >= 11 is 7.33. The van der Waals surface area contributed by atoms with Crippen LogP contribution in [0.2, 0.25) is 5.02 Å². The number of hydrogen-bond donors (Lipinski definition) is 2. The van der Waals surface area contributed by atoms with Gasteiger partial charge < -0.3 is 15.2 Å². The SMILES string of the molecule is Cn1c(CC(=O)Nc2ccccc2Cl)nnc1SCC(=O)Nc1ccc2ccccc2c1. The number of para-hydroxylation sites is 1. The fourth-order valence-electron chi connectivity index (χ4n) is 3.12. The van der Waals surface area contributed by atoms with Gasteiger partial charge in [-0.3, -0.25) is 9.59 Å². The minimum Gasteiger partial charge on any atom is -0.325 e. The minimum atomic E-state index is -0.251. The maximum Gasteiger partial charge on any atom is 0.234 e. The Bertz CT molecular complexity index is 1290. The molecule has 2 amide bonds. The summed E-state index contributed by atoms with van der Waals surface area (Å²) in [5.41, 5.74) is 1.28. The molecule has 0 unspecified atom stereocenters. The molecule has 3 aromatic carbocycles. The average Bonchev–Trinajstić information content (AvgIpc) is 3.13. The van der Waals surface area contributed by atoms with Crippen LogP contribution in [0.15, 0.2) is 71.9 Å². The predicted octanol–water partition coefficient (Wildman–Crippen LogP) is 4.53. The Morgan fingerprint density at radius 1 is 0.938 bits per heavy atom. The molecule has 0 fully saturated rings. The maximum absolute atomic E-state index is 12.4. The van der Waals surface area contributed by atoms with Crippen LogP contribution in [0.3, 0.4) is 0 Å². The van der Waals surface area contributed by atoms with Crippen LogP contribution in [0.1, 0.15) is 5.82 Å². The van der Waals surface area contributed by atoms with Crippen LogP contribution in [0, 0.1) is 0 Å². The van der Waals surface area contributed by atoms with Crippen molar-refractivity contribution in [2.45, 2.75) is 11.6 Å². The van der Waals surface area contributed by atoms with Crippen LogP contribution in [-0.4, -0.2) is 32.3 Å². The Morgan fingerprint density at radius 3 is 2.50 bits per heavy atom. The van der Waals surface area contributed by atoms with Gasteiger partial charge in [-0.15, -0.1) is 10.2 Å². The Kier molecular flexibility index (Phi) is 6.72. The van der Waals surface area contributed by atoms with E-state index in [0.29, 0.717) is 21.7 Å². The zero-order chi connectivity index (χ0) is 22.5. The van der Waals surface area contributed by atoms with Crippen molar-refractivity contribution >= 4 is 57.3 Å². The summed E-state index contributed by atoms with van der Waals surface area (Å²) in [6.45, 7) is 0. The molecule has 0 aliphatic rings. The van der Waals surface area contributed by atoms with E-state index in [2.05, 4.69) is 20.8 Å². The van der Waals surface area contributed by atoms with E-state index in [1.54, 1.807) is 35.9 Å². The summed E-state index contributed by atoms with van der Waals surface area (Å²) in [6, 6.07) is 20.8. The number of nitrogens with zero attached hydrogens (tertiary/aromatic N) is 3. The topological polar surface area (TPSA) is 88.9 Å². The fraction of sp³-hybridized carbons (Fsp3) is 0.130. The van der Waals surface area contributed by atoms with Gasteiger partial charge in [0.1, 0.15) is 5.82 Å². The molecule has 0 radical (unpaired) electrons. The monoisotopic (exact) mass is 465 g/mol. The Hall–Kier alpha value is -3.36. The Labute approximate surface area is 194 Å². The van der Waals surface area contributed by atoms with Crippen molar-refractivity contribution in [2.24, 2.45) is 7.05 Å². The molecule has 4 rings (SSSR count). The van der Waals surface area contributed by atoms with E-state index in [1.807, 2.05) is 42.5 Å². The van der Waals surface area contributed by atoms with Crippen LogP contribution in [0.5, 0.6) is 0 Å². The van der Waals surface area contributed by atoms with Gasteiger partial charge in [-0.2, -0.15) is 0 Å². The lowest BCUT2D eigenvalue weighted by atomic mass is 10.1. The van der Waals surface area contributed by atoms with Gasteiger partial charge in [-0.25, -0.2) is 0 Å². The van der Waals surface area contributed by atoms with Gasteiger partial charge in [0.15, 0.2) is 5.16 Å². The van der Waals surface area contributed by atoms with Crippen LogP contribution in [-0.2, 0) is 23.1 Å². The van der Waals surface area contributed by atoms with Crippen molar-refractivity contribution in [2.75, 3.05) is 16.4 Å². The van der Waals surface area contributed by atoms with E-state index in [4.69, 9.17) is 11.6 Å². The first-order chi connectivity index (χ1) is 15.5. The summed E-state index contributed by atoms with van der Waals surface area (Å²) in [7, 11) is 1.77. The number of aromatic nitrogens is 3. The quantitative estimate of drug-likeness (QED) is 0.391. The highest BCUT2D eigenvalue weighted by Crippen LogP contribution is 2.22. The van der Waals surface area contributed by atoms with E-state index in [-0.39, 0.29) is 24.0 Å². The molecule has 0 aliphatic heterocycles. The highest BCUT2D eigenvalue weighted by molar-refractivity contribution is 7.99. The summed E-state index contributed by atoms with van der Waals surface area (Å²) in [6.07, 6.45) is 0.0402. The third kappa shape index (κ3) is 5.27. The summed E-state index contributed by atoms with van der Waals surface area (Å²) in [4.78, 5) is 24.7. The highest BCUT2D eigenvalue weighted by atomic mass is 35.5. The van der Waals surface area contributed by atoms with Gasteiger partial charge in [0, 0.05) is 12.7 Å². The molecule has 1 heterocycles. The molecular formula is C23H20ClN5O2S. The standard InChI is InChI=1S/C23H20ClN5O2S/c1-29-20(13-21(30)26-19-9-5-4-8-18(19)24)27-28-23(29)32-14-22(31)25-17-11-10-15-6-2-3-7-16(15)12-17/h2-12H,13-14H2,1H3,(H,25,31)(H,26,30). The summed E-state index contributed by atoms with van der Waals surface area (Å²) in [5, 5.41) is 17.0. The third-order valence-electron chi connectivity index (χ3n) is 4.76. The Balaban J connectivity index is 1.32. The first-order valence-corrected chi connectivity index (χ1v) is 11.2. The average molecular weight is 466 g/mol. The molecule has 4 aromatic rings. The number of benzene rings is 3. The zero-order valence-corrected chi connectivity index (χ0v) is 18.8. The number of fused-ring (bicyclic) bond motifs is 1. The predicted molar refractivity (Wildman–Crippen MR) is 128 cm³/mol. The third-order valence-corrected chi connectivity index (χ3v) is 6.11. The first-order valence-electron chi connectivity index (χ1n) is 9.84. The molecular weight excluding hydrogens is 446 g/mol. The zero-order valence-electron chi connectivity index (χ0n) is 17.2. The molecule has 0 bridgehead atoms. The van der Waals surface area contributed by atoms with Crippen molar-refractivity contribution < 1.29 is 9.59 Å². The first kappa shape index (κ1) is 21.9. The second kappa shape index (κ2) is 9.84. The molecule has 7 nitrogen and oxygen atoms in total. The van der Waals surface area contributed by atoms with Gasteiger partial charge in [-0.1, -0.05) is 65.8 Å². The number of thioether (sulfide) groups is 1. The molecule has 0 spiro atoms. The van der Waals surface area contributed by atoms with Crippen LogP contribution >= 0.6 is 23.4 Å². The lowest BCUT2D eigenvalue weighted by Crippen LogP contribution is -2.17. The van der Waals surface area contributed by atoms with E-state index in [0.717, 1.165) is 16.5 Å². The molecule has 0 saturated carbocycles. The molecule has 0 aliphatic carbocycles. The van der Waals surface area contributed by atoms with Gasteiger partial charge in [-0.05, 0) is 35.0 Å². The van der Waals surface area contributed by atoms with Gasteiger partial charge in [0.05, 0.1) is 22.9 Å². The fourth-order valence-corrected chi connectivity index (χ4v) is 4.03. The molecule has 9 heteroatoms. The molecule has 0 atom stereocenters.